The van der Waals surface area contributed by atoms with Crippen LogP contribution in [0.3, 0.4) is 0 Å². The average Bonchev–Trinajstić information content (AvgIpc) is 2.01. The second-order valence-electron chi connectivity index (χ2n) is 2.37. The predicted octanol–water partition coefficient (Wildman–Crippen LogP) is 2.12. The third-order valence-corrected chi connectivity index (χ3v) is 1.61. The molecule has 3 nitrogen and oxygen atoms in total. The van der Waals surface area contributed by atoms with E-state index in [4.69, 9.17) is 17.3 Å². The Morgan fingerprint density at radius 2 is 2.14 bits per heavy atom. The number of carbonyl (C=O) groups is 1. The zero-order valence-corrected chi connectivity index (χ0v) is 7.36. The van der Waals surface area contributed by atoms with Crippen molar-refractivity contribution in [2.24, 2.45) is 0 Å². The Balaban J connectivity index is 3.44. The highest BCUT2D eigenvalue weighted by Gasteiger charge is 2.24. The second-order valence-corrected chi connectivity index (χ2v) is 2.71. The maximum absolute atomic E-state index is 12.9. The molecular formula is C7H4ClF3N2O. The van der Waals surface area contributed by atoms with Crippen molar-refractivity contribution < 1.29 is 18.0 Å². The number of nitrogen functional groups attached to an aromatic ring is 1. The van der Waals surface area contributed by atoms with Crippen LogP contribution in [0.1, 0.15) is 22.5 Å². The number of carbonyl (C=O) groups excluding carboxylic acids is 1. The molecule has 7 heteroatoms. The first-order chi connectivity index (χ1) is 6.43. The van der Waals surface area contributed by atoms with Crippen molar-refractivity contribution in [2.45, 2.75) is 6.43 Å². The Morgan fingerprint density at radius 3 is 2.57 bits per heavy atom. The van der Waals surface area contributed by atoms with Crippen LogP contribution in [-0.2, 0) is 0 Å². The van der Waals surface area contributed by atoms with Crippen molar-refractivity contribution in [1.82, 2.24) is 4.98 Å². The van der Waals surface area contributed by atoms with E-state index in [-0.39, 0.29) is 5.82 Å². The van der Waals surface area contributed by atoms with E-state index in [1.54, 1.807) is 0 Å². The lowest BCUT2D eigenvalue weighted by atomic mass is 10.2. The fourth-order valence-electron chi connectivity index (χ4n) is 0.900. The van der Waals surface area contributed by atoms with Crippen LogP contribution in [0, 0.1) is 5.82 Å². The number of rotatable bonds is 2. The molecule has 0 spiro atoms. The Hall–Kier alpha value is -1.30. The number of anilines is 1. The largest absolute Gasteiger partial charge is 0.384 e. The molecule has 76 valence electrons. The third-order valence-electron chi connectivity index (χ3n) is 1.43. The molecule has 2 N–H and O–H groups in total. The summed E-state index contributed by atoms with van der Waals surface area (Å²) in [5.41, 5.74) is 3.09. The second kappa shape index (κ2) is 3.83. The topological polar surface area (TPSA) is 56.0 Å². The zero-order valence-electron chi connectivity index (χ0n) is 6.60. The zero-order chi connectivity index (χ0) is 10.9. The van der Waals surface area contributed by atoms with Crippen molar-refractivity contribution in [3.05, 3.63) is 23.1 Å². The summed E-state index contributed by atoms with van der Waals surface area (Å²) in [6, 6.07) is 0.602. The van der Waals surface area contributed by atoms with E-state index in [0.29, 0.717) is 6.07 Å². The maximum atomic E-state index is 12.9. The minimum absolute atomic E-state index is 0.379. The summed E-state index contributed by atoms with van der Waals surface area (Å²) < 4.78 is 37.4. The number of pyridine rings is 1. The first kappa shape index (κ1) is 10.8. The standard InChI is InChI=1S/C7H4ClF3N2O/c8-6(14)5-4(7(10)11)2(9)1-3(12)13-5/h1,7H,(H2,12,13). The molecule has 0 amide bonds. The van der Waals surface area contributed by atoms with Crippen molar-refractivity contribution >= 4 is 22.7 Å². The van der Waals surface area contributed by atoms with Crippen LogP contribution < -0.4 is 5.73 Å². The number of aromatic nitrogens is 1. The van der Waals surface area contributed by atoms with Gasteiger partial charge in [0.1, 0.15) is 17.3 Å². The van der Waals surface area contributed by atoms with Crippen molar-refractivity contribution in [2.75, 3.05) is 5.73 Å². The highest BCUT2D eigenvalue weighted by molar-refractivity contribution is 6.67. The molecule has 0 fully saturated rings. The molecule has 1 aromatic heterocycles. The molecule has 1 rings (SSSR count). The molecule has 0 atom stereocenters. The summed E-state index contributed by atoms with van der Waals surface area (Å²) >= 11 is 4.94. The van der Waals surface area contributed by atoms with Gasteiger partial charge in [-0.15, -0.1) is 0 Å². The van der Waals surface area contributed by atoms with Crippen LogP contribution in [0.2, 0.25) is 0 Å². The van der Waals surface area contributed by atoms with Gasteiger partial charge in [0.25, 0.3) is 11.7 Å². The lowest BCUT2D eigenvalue weighted by Gasteiger charge is -2.06. The van der Waals surface area contributed by atoms with Gasteiger partial charge in [-0.1, -0.05) is 0 Å². The van der Waals surface area contributed by atoms with Gasteiger partial charge in [0, 0.05) is 6.07 Å². The fourth-order valence-corrected chi connectivity index (χ4v) is 1.04. The number of halogens is 4. The van der Waals surface area contributed by atoms with Crippen LogP contribution in [0.15, 0.2) is 6.07 Å². The quantitative estimate of drug-likeness (QED) is 0.783. The number of hydrogen-bond acceptors (Lipinski definition) is 3. The van der Waals surface area contributed by atoms with Gasteiger partial charge < -0.3 is 5.73 Å². The molecule has 0 saturated heterocycles. The van der Waals surface area contributed by atoms with E-state index in [2.05, 4.69) is 4.98 Å². The molecule has 0 aliphatic rings. The summed E-state index contributed by atoms with van der Waals surface area (Å²) in [7, 11) is 0. The predicted molar refractivity (Wildman–Crippen MR) is 43.7 cm³/mol. The summed E-state index contributed by atoms with van der Waals surface area (Å²) in [5, 5.41) is -1.27. The van der Waals surface area contributed by atoms with Gasteiger partial charge >= 0.3 is 0 Å². The minimum Gasteiger partial charge on any atom is -0.384 e. The SMILES string of the molecule is Nc1cc(F)c(C(F)F)c(C(=O)Cl)n1. The summed E-state index contributed by atoms with van der Waals surface area (Å²) in [4.78, 5) is 13.9. The Morgan fingerprint density at radius 1 is 1.57 bits per heavy atom. The van der Waals surface area contributed by atoms with Gasteiger partial charge in [-0.25, -0.2) is 18.2 Å². The molecule has 0 unspecified atom stereocenters. The maximum Gasteiger partial charge on any atom is 0.271 e. The van der Waals surface area contributed by atoms with E-state index < -0.39 is 28.7 Å². The molecule has 14 heavy (non-hydrogen) atoms. The van der Waals surface area contributed by atoms with Crippen LogP contribution in [-0.4, -0.2) is 10.2 Å². The van der Waals surface area contributed by atoms with Gasteiger partial charge in [-0.3, -0.25) is 4.79 Å². The van der Waals surface area contributed by atoms with E-state index in [9.17, 15) is 18.0 Å². The highest BCUT2D eigenvalue weighted by atomic mass is 35.5. The molecule has 0 aromatic carbocycles. The molecule has 1 heterocycles. The molecule has 0 aliphatic heterocycles. The lowest BCUT2D eigenvalue weighted by molar-refractivity contribution is 0.105. The third kappa shape index (κ3) is 1.95. The van der Waals surface area contributed by atoms with E-state index in [1.807, 2.05) is 0 Å². The number of nitrogens with zero attached hydrogens (tertiary/aromatic N) is 1. The van der Waals surface area contributed by atoms with Gasteiger partial charge in [0.05, 0.1) is 5.56 Å². The lowest BCUT2D eigenvalue weighted by Crippen LogP contribution is -2.07. The Kier molecular flexibility index (Phi) is 2.95. The van der Waals surface area contributed by atoms with E-state index in [0.717, 1.165) is 0 Å². The Bertz CT molecular complexity index is 383. The van der Waals surface area contributed by atoms with Gasteiger partial charge in [0.15, 0.2) is 0 Å². The van der Waals surface area contributed by atoms with E-state index in [1.165, 1.54) is 0 Å². The van der Waals surface area contributed by atoms with Gasteiger partial charge in [-0.2, -0.15) is 0 Å². The van der Waals surface area contributed by atoms with E-state index >= 15 is 0 Å². The first-order valence-electron chi connectivity index (χ1n) is 3.37. The molecule has 0 radical (unpaired) electrons. The molecular weight excluding hydrogens is 221 g/mol. The van der Waals surface area contributed by atoms with Gasteiger partial charge in [-0.05, 0) is 11.6 Å². The van der Waals surface area contributed by atoms with Crippen molar-refractivity contribution in [3.8, 4) is 0 Å². The monoisotopic (exact) mass is 224 g/mol. The van der Waals surface area contributed by atoms with Crippen molar-refractivity contribution in [3.63, 3.8) is 0 Å². The van der Waals surface area contributed by atoms with Crippen LogP contribution in [0.5, 0.6) is 0 Å². The summed E-state index contributed by atoms with van der Waals surface area (Å²) in [6.45, 7) is 0. The van der Waals surface area contributed by atoms with Gasteiger partial charge in [0.2, 0.25) is 0 Å². The summed E-state index contributed by atoms with van der Waals surface area (Å²) in [5.74, 6) is -1.67. The molecule has 1 aromatic rings. The number of hydrogen-bond donors (Lipinski definition) is 1. The van der Waals surface area contributed by atoms with Crippen LogP contribution in [0.4, 0.5) is 19.0 Å². The van der Waals surface area contributed by atoms with Crippen LogP contribution in [0.25, 0.3) is 0 Å². The smallest absolute Gasteiger partial charge is 0.271 e. The number of nitrogens with two attached hydrogens (primary N) is 1. The molecule has 0 bridgehead atoms. The first-order valence-corrected chi connectivity index (χ1v) is 3.75. The fraction of sp³-hybridized carbons (Fsp3) is 0.143. The highest BCUT2D eigenvalue weighted by Crippen LogP contribution is 2.26. The average molecular weight is 225 g/mol. The normalized spacial score (nSPS) is 10.6. The summed E-state index contributed by atoms with van der Waals surface area (Å²) in [6.07, 6.45) is -3.17. The Labute approximate surface area is 81.7 Å². The number of alkyl halides is 2. The van der Waals surface area contributed by atoms with Crippen molar-refractivity contribution in [1.29, 1.82) is 0 Å². The van der Waals surface area contributed by atoms with Crippen LogP contribution >= 0.6 is 11.6 Å². The minimum atomic E-state index is -3.17. The molecule has 0 aliphatic carbocycles. The molecule has 0 saturated carbocycles.